The van der Waals surface area contributed by atoms with Crippen molar-refractivity contribution < 1.29 is 24.8 Å². The second kappa shape index (κ2) is 8.62. The third-order valence-electron chi connectivity index (χ3n) is 6.13. The Hall–Kier alpha value is -2.79. The average molecular weight is 441 g/mol. The number of aliphatic hydroxyl groups excluding tert-OH is 3. The minimum Gasteiger partial charge on any atom is -0.494 e. The van der Waals surface area contributed by atoms with Crippen LogP contribution in [0.5, 0.6) is 5.75 Å². The van der Waals surface area contributed by atoms with Crippen LogP contribution in [0.25, 0.3) is 11.2 Å². The van der Waals surface area contributed by atoms with Crippen molar-refractivity contribution in [3.05, 3.63) is 42.0 Å². The molecule has 1 unspecified atom stereocenters. The fourth-order valence-corrected chi connectivity index (χ4v) is 4.47. The van der Waals surface area contributed by atoms with Gasteiger partial charge in [0.15, 0.2) is 23.2 Å². The van der Waals surface area contributed by atoms with Crippen LogP contribution in [0.15, 0.2) is 30.9 Å². The van der Waals surface area contributed by atoms with Gasteiger partial charge in [0.1, 0.15) is 30.4 Å². The van der Waals surface area contributed by atoms with Crippen LogP contribution in [0.2, 0.25) is 0 Å². The van der Waals surface area contributed by atoms with Gasteiger partial charge in [-0.1, -0.05) is 13.0 Å². The molecule has 2 aliphatic rings. The van der Waals surface area contributed by atoms with Gasteiger partial charge in [0, 0.05) is 0 Å². The van der Waals surface area contributed by atoms with E-state index in [1.54, 1.807) is 4.57 Å². The smallest absolute Gasteiger partial charge is 0.167 e. The van der Waals surface area contributed by atoms with E-state index in [2.05, 4.69) is 39.3 Å². The van der Waals surface area contributed by atoms with Gasteiger partial charge in [-0.2, -0.15) is 0 Å². The molecular formula is C22H27N5O5. The van der Waals surface area contributed by atoms with Crippen LogP contribution in [0.1, 0.15) is 43.2 Å². The number of nitrogens with zero attached hydrogens (tertiary/aromatic N) is 4. The maximum atomic E-state index is 10.4. The number of aromatic nitrogens is 4. The molecule has 4 N–H and O–H groups in total. The highest BCUT2D eigenvalue weighted by molar-refractivity contribution is 5.83. The summed E-state index contributed by atoms with van der Waals surface area (Å²) in [6, 6.07) is 6.29. The van der Waals surface area contributed by atoms with Crippen molar-refractivity contribution in [2.45, 2.75) is 56.8 Å². The molecule has 0 saturated carbocycles. The number of imidazole rings is 1. The number of anilines is 1. The van der Waals surface area contributed by atoms with Gasteiger partial charge < -0.3 is 30.1 Å². The van der Waals surface area contributed by atoms with Crippen molar-refractivity contribution >= 4 is 17.0 Å². The Morgan fingerprint density at radius 3 is 2.88 bits per heavy atom. The van der Waals surface area contributed by atoms with E-state index in [1.165, 1.54) is 23.8 Å². The molecule has 0 spiro atoms. The number of hydrogen-bond donors (Lipinski definition) is 4. The number of aliphatic hydroxyl groups is 3. The Morgan fingerprint density at radius 2 is 2.09 bits per heavy atom. The summed E-state index contributed by atoms with van der Waals surface area (Å²) in [4.78, 5) is 13.1. The van der Waals surface area contributed by atoms with Crippen molar-refractivity contribution in [3.8, 4) is 5.75 Å². The summed E-state index contributed by atoms with van der Waals surface area (Å²) in [6.45, 7) is 2.40. The predicted molar refractivity (Wildman–Crippen MR) is 115 cm³/mol. The molecule has 1 aromatic carbocycles. The van der Waals surface area contributed by atoms with Gasteiger partial charge in [0.25, 0.3) is 0 Å². The number of benzene rings is 1. The van der Waals surface area contributed by atoms with E-state index >= 15 is 0 Å². The first kappa shape index (κ1) is 21.1. The molecule has 0 amide bonds. The molecular weight excluding hydrogens is 414 g/mol. The predicted octanol–water partition coefficient (Wildman–Crippen LogP) is 1.33. The molecule has 1 aliphatic heterocycles. The summed E-state index contributed by atoms with van der Waals surface area (Å²) < 4.78 is 12.9. The fraction of sp³-hybridized carbons (Fsp3) is 0.500. The monoisotopic (exact) mass is 441 g/mol. The molecule has 5 rings (SSSR count). The van der Waals surface area contributed by atoms with Gasteiger partial charge in [-0.25, -0.2) is 15.0 Å². The molecule has 2 aromatic heterocycles. The molecule has 32 heavy (non-hydrogen) atoms. The van der Waals surface area contributed by atoms with Crippen LogP contribution in [0.4, 0.5) is 5.82 Å². The zero-order chi connectivity index (χ0) is 22.2. The van der Waals surface area contributed by atoms with E-state index < -0.39 is 31.1 Å². The van der Waals surface area contributed by atoms with Gasteiger partial charge in [0.2, 0.25) is 0 Å². The first-order valence-corrected chi connectivity index (χ1v) is 10.9. The number of hydrogen-bond acceptors (Lipinski definition) is 9. The minimum atomic E-state index is -1.21. The van der Waals surface area contributed by atoms with Gasteiger partial charge >= 0.3 is 0 Å². The standard InChI is InChI=1S/C22H27N5O5/c1-2-7-31-13-4-5-14-12(8-13)3-6-15(14)26-20-17-21(24-10-23-20)27(11-25-17)22-19(30)18(29)16(9-28)32-22/h4-5,8,10-11,15-16,18-19,22,28-30H,2-3,6-7,9H2,1H3,(H,23,24,26)/t15?,16-,18-,19-,22-/m1/s1. The maximum absolute atomic E-state index is 10.4. The summed E-state index contributed by atoms with van der Waals surface area (Å²) in [5.41, 5.74) is 3.49. The summed E-state index contributed by atoms with van der Waals surface area (Å²) in [5, 5.41) is 33.3. The second-order valence-corrected chi connectivity index (χ2v) is 8.22. The van der Waals surface area contributed by atoms with Crippen LogP contribution in [0, 0.1) is 0 Å². The molecule has 3 aromatic rings. The van der Waals surface area contributed by atoms with E-state index in [4.69, 9.17) is 9.47 Å². The molecule has 3 heterocycles. The maximum Gasteiger partial charge on any atom is 0.167 e. The summed E-state index contributed by atoms with van der Waals surface area (Å²) in [5.74, 6) is 1.48. The van der Waals surface area contributed by atoms with Crippen molar-refractivity contribution in [1.82, 2.24) is 19.5 Å². The Bertz CT molecular complexity index is 1110. The van der Waals surface area contributed by atoms with Gasteiger partial charge in [-0.3, -0.25) is 4.57 Å². The zero-order valence-corrected chi connectivity index (χ0v) is 17.8. The number of rotatable bonds is 7. The van der Waals surface area contributed by atoms with E-state index in [0.29, 0.717) is 23.6 Å². The molecule has 1 saturated heterocycles. The lowest BCUT2D eigenvalue weighted by atomic mass is 10.1. The summed E-state index contributed by atoms with van der Waals surface area (Å²) in [6.07, 6.45) is 1.61. The number of aryl methyl sites for hydroxylation is 1. The third-order valence-corrected chi connectivity index (χ3v) is 6.13. The van der Waals surface area contributed by atoms with Gasteiger partial charge in [-0.15, -0.1) is 0 Å². The Kier molecular flexibility index (Phi) is 5.68. The van der Waals surface area contributed by atoms with Crippen molar-refractivity contribution in [3.63, 3.8) is 0 Å². The highest BCUT2D eigenvalue weighted by Crippen LogP contribution is 2.37. The number of nitrogens with one attached hydrogen (secondary N) is 1. The third kappa shape index (κ3) is 3.58. The molecule has 10 nitrogen and oxygen atoms in total. The largest absolute Gasteiger partial charge is 0.494 e. The van der Waals surface area contributed by atoms with Crippen LogP contribution in [-0.2, 0) is 11.2 Å². The highest BCUT2D eigenvalue weighted by Gasteiger charge is 2.44. The SMILES string of the molecule is CCCOc1ccc2c(c1)CCC2Nc1ncnc2c1ncn2[C@@H]1O[C@H](CO)[C@@H](O)[C@H]1O. The molecule has 5 atom stereocenters. The number of fused-ring (bicyclic) bond motifs is 2. The zero-order valence-electron chi connectivity index (χ0n) is 17.8. The summed E-state index contributed by atoms with van der Waals surface area (Å²) >= 11 is 0. The van der Waals surface area contributed by atoms with Crippen LogP contribution in [-0.4, -0.2) is 66.4 Å². The van der Waals surface area contributed by atoms with Crippen molar-refractivity contribution in [1.29, 1.82) is 0 Å². The first-order chi connectivity index (χ1) is 15.6. The lowest BCUT2D eigenvalue weighted by Gasteiger charge is -2.17. The fourth-order valence-electron chi connectivity index (χ4n) is 4.47. The first-order valence-electron chi connectivity index (χ1n) is 10.9. The van der Waals surface area contributed by atoms with Gasteiger partial charge in [-0.05, 0) is 42.5 Å². The molecule has 1 aliphatic carbocycles. The average Bonchev–Trinajstić information content (AvgIpc) is 3.49. The van der Waals surface area contributed by atoms with Crippen molar-refractivity contribution in [2.75, 3.05) is 18.5 Å². The minimum absolute atomic E-state index is 0.0855. The number of ether oxygens (including phenoxy) is 2. The summed E-state index contributed by atoms with van der Waals surface area (Å²) in [7, 11) is 0. The highest BCUT2D eigenvalue weighted by atomic mass is 16.6. The molecule has 0 radical (unpaired) electrons. The quantitative estimate of drug-likeness (QED) is 0.428. The van der Waals surface area contributed by atoms with E-state index in [0.717, 1.165) is 25.0 Å². The van der Waals surface area contributed by atoms with Gasteiger partial charge in [0.05, 0.1) is 25.6 Å². The second-order valence-electron chi connectivity index (χ2n) is 8.22. The van der Waals surface area contributed by atoms with Crippen LogP contribution in [0.3, 0.4) is 0 Å². The van der Waals surface area contributed by atoms with E-state index in [9.17, 15) is 15.3 Å². The van der Waals surface area contributed by atoms with E-state index in [-0.39, 0.29) is 6.04 Å². The lowest BCUT2D eigenvalue weighted by molar-refractivity contribution is -0.0511. The molecule has 170 valence electrons. The van der Waals surface area contributed by atoms with Crippen LogP contribution >= 0.6 is 0 Å². The van der Waals surface area contributed by atoms with Crippen molar-refractivity contribution in [2.24, 2.45) is 0 Å². The normalized spacial score (nSPS) is 27.1. The Labute approximate surface area is 184 Å². The Morgan fingerprint density at radius 1 is 1.22 bits per heavy atom. The molecule has 10 heteroatoms. The topological polar surface area (TPSA) is 135 Å². The molecule has 0 bridgehead atoms. The lowest BCUT2D eigenvalue weighted by Crippen LogP contribution is -2.33. The Balaban J connectivity index is 1.39. The van der Waals surface area contributed by atoms with Crippen LogP contribution < -0.4 is 10.1 Å². The molecule has 1 fully saturated rings. The van der Waals surface area contributed by atoms with E-state index in [1.807, 2.05) is 6.07 Å².